The highest BCUT2D eigenvalue weighted by Crippen LogP contribution is 2.10. The second-order valence-corrected chi connectivity index (χ2v) is 6.82. The summed E-state index contributed by atoms with van der Waals surface area (Å²) in [6.07, 6.45) is 1.17. The molecule has 19 heavy (non-hydrogen) atoms. The molecule has 0 radical (unpaired) electrons. The second kappa shape index (κ2) is 7.78. The maximum absolute atomic E-state index is 11.3. The van der Waals surface area contributed by atoms with E-state index in [1.54, 1.807) is 0 Å². The summed E-state index contributed by atoms with van der Waals surface area (Å²) < 4.78 is 11.3. The van der Waals surface area contributed by atoms with Crippen molar-refractivity contribution in [1.29, 1.82) is 0 Å². The van der Waals surface area contributed by atoms with Gasteiger partial charge in [0.05, 0.1) is 0 Å². The first-order valence-corrected chi connectivity index (χ1v) is 8.62. The van der Waals surface area contributed by atoms with E-state index >= 15 is 0 Å². The van der Waals surface area contributed by atoms with Crippen molar-refractivity contribution in [2.24, 2.45) is 0 Å². The van der Waals surface area contributed by atoms with Crippen LogP contribution in [-0.4, -0.2) is 40.2 Å². The van der Waals surface area contributed by atoms with Crippen LogP contribution in [0.15, 0.2) is 24.3 Å². The molecule has 1 aromatic rings. The monoisotopic (exact) mass is 280 g/mol. The van der Waals surface area contributed by atoms with Gasteiger partial charge in [-0.15, -0.1) is 0 Å². The van der Waals surface area contributed by atoms with E-state index in [-0.39, 0.29) is 0 Å². The fourth-order valence-corrected chi connectivity index (χ4v) is 3.47. The number of hydrogen-bond acceptors (Lipinski definition) is 3. The molecule has 2 rings (SSSR count). The largest absolute Gasteiger partial charge is 0.313 e. The van der Waals surface area contributed by atoms with E-state index in [9.17, 15) is 4.21 Å². The van der Waals surface area contributed by atoms with Gasteiger partial charge in [-0.3, -0.25) is 9.11 Å². The van der Waals surface area contributed by atoms with Crippen LogP contribution in [0.2, 0.25) is 0 Å². The Bertz CT molecular complexity index is 412. The first-order chi connectivity index (χ1) is 9.28. The average molecular weight is 280 g/mol. The minimum Gasteiger partial charge on any atom is -0.313 e. The lowest BCUT2D eigenvalue weighted by Crippen LogP contribution is -2.37. The minimum absolute atomic E-state index is 0.580. The highest BCUT2D eigenvalue weighted by Gasteiger charge is 2.14. The van der Waals surface area contributed by atoms with Crippen molar-refractivity contribution in [3.63, 3.8) is 0 Å². The van der Waals surface area contributed by atoms with E-state index in [1.807, 2.05) is 0 Å². The highest BCUT2D eigenvalue weighted by atomic mass is 32.2. The Hall–Kier alpha value is -0.710. The SMILES string of the molecule is CCCNCc1cccc(CN2CCS(=O)CC2)c1. The molecule has 3 nitrogen and oxygen atoms in total. The lowest BCUT2D eigenvalue weighted by molar-refractivity contribution is 0.291. The summed E-state index contributed by atoms with van der Waals surface area (Å²) in [4.78, 5) is 2.40. The summed E-state index contributed by atoms with van der Waals surface area (Å²) in [5.41, 5.74) is 2.72. The molecule has 0 bridgehead atoms. The molecule has 0 aliphatic carbocycles. The van der Waals surface area contributed by atoms with Crippen molar-refractivity contribution in [2.45, 2.75) is 26.4 Å². The van der Waals surface area contributed by atoms with Gasteiger partial charge in [0, 0.05) is 48.5 Å². The number of benzene rings is 1. The molecule has 1 aromatic carbocycles. The minimum atomic E-state index is -0.580. The Morgan fingerprint density at radius 3 is 2.74 bits per heavy atom. The third-order valence-electron chi connectivity index (χ3n) is 3.42. The Kier molecular flexibility index (Phi) is 6.01. The van der Waals surface area contributed by atoms with Crippen molar-refractivity contribution < 1.29 is 4.21 Å². The fourth-order valence-electron chi connectivity index (χ4n) is 2.34. The molecule has 1 heterocycles. The van der Waals surface area contributed by atoms with Crippen LogP contribution in [0.1, 0.15) is 24.5 Å². The van der Waals surface area contributed by atoms with Crippen LogP contribution >= 0.6 is 0 Å². The molecule has 4 heteroatoms. The Morgan fingerprint density at radius 2 is 2.00 bits per heavy atom. The van der Waals surface area contributed by atoms with Gasteiger partial charge in [0.15, 0.2) is 0 Å². The first-order valence-electron chi connectivity index (χ1n) is 7.14. The van der Waals surface area contributed by atoms with Gasteiger partial charge in [-0.1, -0.05) is 31.2 Å². The molecule has 106 valence electrons. The quantitative estimate of drug-likeness (QED) is 0.806. The third kappa shape index (κ3) is 5.05. The molecule has 0 aromatic heterocycles. The van der Waals surface area contributed by atoms with Gasteiger partial charge in [0.25, 0.3) is 0 Å². The lowest BCUT2D eigenvalue weighted by atomic mass is 10.1. The number of hydrogen-bond donors (Lipinski definition) is 1. The van der Waals surface area contributed by atoms with Crippen molar-refractivity contribution >= 4 is 10.8 Å². The maximum atomic E-state index is 11.3. The molecule has 1 aliphatic rings. The van der Waals surface area contributed by atoms with E-state index in [0.717, 1.165) is 44.2 Å². The van der Waals surface area contributed by atoms with Gasteiger partial charge in [-0.2, -0.15) is 0 Å². The summed E-state index contributed by atoms with van der Waals surface area (Å²) in [7, 11) is -0.580. The van der Waals surface area contributed by atoms with E-state index < -0.39 is 10.8 Å². The van der Waals surface area contributed by atoms with Crippen molar-refractivity contribution in [3.8, 4) is 0 Å². The van der Waals surface area contributed by atoms with E-state index in [2.05, 4.69) is 41.4 Å². The zero-order valence-electron chi connectivity index (χ0n) is 11.7. The van der Waals surface area contributed by atoms with Crippen LogP contribution in [0.25, 0.3) is 0 Å². The van der Waals surface area contributed by atoms with Gasteiger partial charge in [0.1, 0.15) is 0 Å². The smallest absolute Gasteiger partial charge is 0.0363 e. The van der Waals surface area contributed by atoms with Crippen LogP contribution in [0.4, 0.5) is 0 Å². The molecule has 1 fully saturated rings. The number of rotatable bonds is 6. The second-order valence-electron chi connectivity index (χ2n) is 5.12. The number of nitrogens with one attached hydrogen (secondary N) is 1. The zero-order chi connectivity index (χ0) is 13.5. The van der Waals surface area contributed by atoms with Gasteiger partial charge in [0.2, 0.25) is 0 Å². The molecule has 0 saturated carbocycles. The molecule has 0 spiro atoms. The maximum Gasteiger partial charge on any atom is 0.0363 e. The Balaban J connectivity index is 1.86. The Labute approximate surface area is 118 Å². The molecule has 0 unspecified atom stereocenters. The molecule has 1 N–H and O–H groups in total. The summed E-state index contributed by atoms with van der Waals surface area (Å²) >= 11 is 0. The average Bonchev–Trinajstić information content (AvgIpc) is 2.42. The van der Waals surface area contributed by atoms with Crippen LogP contribution < -0.4 is 5.32 Å². The summed E-state index contributed by atoms with van der Waals surface area (Å²) in [6, 6.07) is 8.79. The molecule has 1 aliphatic heterocycles. The predicted molar refractivity (Wildman–Crippen MR) is 81.6 cm³/mol. The topological polar surface area (TPSA) is 32.3 Å². The molecule has 0 amide bonds. The summed E-state index contributed by atoms with van der Waals surface area (Å²) in [5.74, 6) is 1.66. The van der Waals surface area contributed by atoms with Gasteiger partial charge in [-0.25, -0.2) is 0 Å². The summed E-state index contributed by atoms with van der Waals surface area (Å²) in [5, 5.41) is 3.43. The Morgan fingerprint density at radius 1 is 1.26 bits per heavy atom. The van der Waals surface area contributed by atoms with E-state index in [0.29, 0.717) is 0 Å². The van der Waals surface area contributed by atoms with Crippen molar-refractivity contribution in [3.05, 3.63) is 35.4 Å². The zero-order valence-corrected chi connectivity index (χ0v) is 12.5. The standard InChI is InChI=1S/C15H24N2OS/c1-2-6-16-12-14-4-3-5-15(11-14)13-17-7-9-19(18)10-8-17/h3-5,11,16H,2,6-10,12-13H2,1H3. The predicted octanol–water partition coefficient (Wildman–Crippen LogP) is 1.75. The highest BCUT2D eigenvalue weighted by molar-refractivity contribution is 7.85. The normalized spacial score (nSPS) is 17.7. The lowest BCUT2D eigenvalue weighted by Gasteiger charge is -2.26. The van der Waals surface area contributed by atoms with Crippen molar-refractivity contribution in [2.75, 3.05) is 31.1 Å². The summed E-state index contributed by atoms with van der Waals surface area (Å²) in [6.45, 7) is 7.12. The van der Waals surface area contributed by atoms with Crippen molar-refractivity contribution in [1.82, 2.24) is 10.2 Å². The van der Waals surface area contributed by atoms with Gasteiger partial charge < -0.3 is 5.32 Å². The van der Waals surface area contributed by atoms with Crippen LogP contribution in [0.5, 0.6) is 0 Å². The first kappa shape index (κ1) is 14.7. The third-order valence-corrected chi connectivity index (χ3v) is 4.70. The van der Waals surface area contributed by atoms with Gasteiger partial charge in [-0.05, 0) is 24.1 Å². The number of nitrogens with zero attached hydrogens (tertiary/aromatic N) is 1. The molecular weight excluding hydrogens is 256 g/mol. The molecular formula is C15H24N2OS. The molecule has 1 saturated heterocycles. The van der Waals surface area contributed by atoms with Crippen LogP contribution in [0, 0.1) is 0 Å². The molecule has 0 atom stereocenters. The van der Waals surface area contributed by atoms with Gasteiger partial charge >= 0.3 is 0 Å². The fraction of sp³-hybridized carbons (Fsp3) is 0.600. The van der Waals surface area contributed by atoms with E-state index in [1.165, 1.54) is 17.5 Å². The van der Waals surface area contributed by atoms with Crippen LogP contribution in [-0.2, 0) is 23.9 Å². The van der Waals surface area contributed by atoms with Crippen LogP contribution in [0.3, 0.4) is 0 Å². The van der Waals surface area contributed by atoms with E-state index in [4.69, 9.17) is 0 Å².